The van der Waals surface area contributed by atoms with Crippen molar-refractivity contribution in [2.75, 3.05) is 4.90 Å². The Morgan fingerprint density at radius 1 is 0.436 bits per heavy atom. The lowest BCUT2D eigenvalue weighted by atomic mass is 9.61. The Kier molecular flexibility index (Phi) is 6.86. The topological polar surface area (TPSA) is 3.24 Å². The van der Waals surface area contributed by atoms with Crippen LogP contribution in [0.3, 0.4) is 0 Å². The normalized spacial score (nSPS) is 17.1. The molecule has 262 valence electrons. The van der Waals surface area contributed by atoms with Gasteiger partial charge in [-0.15, -0.1) is 11.3 Å². The summed E-state index contributed by atoms with van der Waals surface area (Å²) in [4.78, 5) is 2.46. The first-order chi connectivity index (χ1) is 27.3. The number of nitrogens with zero attached hydrogens (tertiary/aromatic N) is 1. The van der Waals surface area contributed by atoms with E-state index in [9.17, 15) is 0 Å². The highest BCUT2D eigenvalue weighted by atomic mass is 32.1. The second-order valence-corrected chi connectivity index (χ2v) is 16.9. The van der Waals surface area contributed by atoms with E-state index >= 15 is 0 Å². The zero-order valence-corrected chi connectivity index (χ0v) is 31.5. The van der Waals surface area contributed by atoms with E-state index in [-0.39, 0.29) is 0 Å². The summed E-state index contributed by atoms with van der Waals surface area (Å²) in [6.45, 7) is 0. The fraction of sp³-hybridized carbons (Fsp3) is 0.132. The van der Waals surface area contributed by atoms with Crippen LogP contribution in [0.4, 0.5) is 17.1 Å². The van der Waals surface area contributed by atoms with Gasteiger partial charge in [0.15, 0.2) is 0 Å². The molecule has 1 spiro atoms. The summed E-state index contributed by atoms with van der Waals surface area (Å²) in [5, 5.41) is 5.35. The van der Waals surface area contributed by atoms with Gasteiger partial charge in [0.1, 0.15) is 0 Å². The number of benzene rings is 8. The van der Waals surface area contributed by atoms with Crippen molar-refractivity contribution in [1.29, 1.82) is 0 Å². The molecule has 0 saturated heterocycles. The summed E-state index contributed by atoms with van der Waals surface area (Å²) >= 11 is 1.88. The molecule has 0 amide bonds. The van der Waals surface area contributed by atoms with Crippen LogP contribution in [0, 0.1) is 0 Å². The van der Waals surface area contributed by atoms with Crippen LogP contribution in [0.1, 0.15) is 65.8 Å². The van der Waals surface area contributed by atoms with E-state index in [2.05, 4.69) is 175 Å². The zero-order valence-electron chi connectivity index (χ0n) is 30.6. The van der Waals surface area contributed by atoms with Gasteiger partial charge in [0, 0.05) is 37.2 Å². The summed E-state index contributed by atoms with van der Waals surface area (Å²) in [5.41, 5.74) is 15.5. The molecule has 1 unspecified atom stereocenters. The molecule has 0 N–H and O–H groups in total. The minimum Gasteiger partial charge on any atom is -0.310 e. The minimum absolute atomic E-state index is 0.464. The van der Waals surface area contributed by atoms with E-state index in [0.717, 1.165) is 5.69 Å². The molecule has 0 aliphatic heterocycles. The predicted octanol–water partition coefficient (Wildman–Crippen LogP) is 15.1. The largest absolute Gasteiger partial charge is 0.310 e. The van der Waals surface area contributed by atoms with Gasteiger partial charge in [-0.05, 0) is 122 Å². The highest BCUT2D eigenvalue weighted by Gasteiger charge is 2.50. The molecular formula is C53H39NS. The van der Waals surface area contributed by atoms with Crippen molar-refractivity contribution < 1.29 is 0 Å². The summed E-state index contributed by atoms with van der Waals surface area (Å²) in [5.74, 6) is 0.638. The van der Waals surface area contributed by atoms with E-state index in [1.807, 2.05) is 11.3 Å². The van der Waals surface area contributed by atoms with Crippen molar-refractivity contribution in [2.45, 2.75) is 43.4 Å². The first-order valence-corrected chi connectivity index (χ1v) is 20.8. The molecule has 0 radical (unpaired) electrons. The lowest BCUT2D eigenvalue weighted by Gasteiger charge is -2.41. The molecular weight excluding hydrogens is 683 g/mol. The standard InChI is InChI=1S/C53H39NS/c1-3-13-34(14-4-1)36-25-30-47-45(31-36)44-21-11-15-35-16-12-23-48(52(35)44)53(47)46-22-9-7-19-40(46)41-28-26-38(32-49(41)53)54(37-17-5-2-6-18-37)39-27-29-43-42-20-8-10-24-50(42)55-51(43)33-39/h2,5-12,15-34H,1,3-4,13-14H2. The molecule has 9 aromatic rings. The van der Waals surface area contributed by atoms with Crippen LogP contribution in [0.25, 0.3) is 53.2 Å². The smallest absolute Gasteiger partial charge is 0.0726 e. The molecule has 1 atom stereocenters. The third kappa shape index (κ3) is 4.46. The molecule has 1 fully saturated rings. The lowest BCUT2D eigenvalue weighted by Crippen LogP contribution is -2.32. The highest BCUT2D eigenvalue weighted by Crippen LogP contribution is 2.63. The fourth-order valence-electron chi connectivity index (χ4n) is 10.7. The molecule has 12 rings (SSSR count). The average molecular weight is 722 g/mol. The van der Waals surface area contributed by atoms with Crippen LogP contribution >= 0.6 is 11.3 Å². The van der Waals surface area contributed by atoms with Crippen molar-refractivity contribution in [3.63, 3.8) is 0 Å². The maximum absolute atomic E-state index is 2.60. The van der Waals surface area contributed by atoms with Gasteiger partial charge in [-0.25, -0.2) is 0 Å². The Morgan fingerprint density at radius 2 is 1.13 bits per heavy atom. The van der Waals surface area contributed by atoms with E-state index in [1.54, 1.807) is 0 Å². The van der Waals surface area contributed by atoms with E-state index < -0.39 is 5.41 Å². The summed E-state index contributed by atoms with van der Waals surface area (Å²) < 4.78 is 2.64. The van der Waals surface area contributed by atoms with Crippen LogP contribution in [0.5, 0.6) is 0 Å². The molecule has 1 heterocycles. The van der Waals surface area contributed by atoms with E-state index in [1.165, 1.54) is 124 Å². The Labute approximate surface area is 326 Å². The molecule has 3 aliphatic rings. The van der Waals surface area contributed by atoms with Crippen LogP contribution in [0.2, 0.25) is 0 Å². The number of fused-ring (bicyclic) bond motifs is 12. The van der Waals surface area contributed by atoms with Gasteiger partial charge in [0.2, 0.25) is 0 Å². The number of hydrogen-bond donors (Lipinski definition) is 0. The molecule has 1 nitrogen and oxygen atoms in total. The van der Waals surface area contributed by atoms with Crippen LogP contribution in [-0.2, 0) is 5.41 Å². The first kappa shape index (κ1) is 31.4. The van der Waals surface area contributed by atoms with Crippen molar-refractivity contribution >= 4 is 59.3 Å². The monoisotopic (exact) mass is 721 g/mol. The Balaban J connectivity index is 1.14. The summed E-state index contributed by atoms with van der Waals surface area (Å²) in [6.07, 6.45) is 6.62. The second-order valence-electron chi connectivity index (χ2n) is 15.8. The average Bonchev–Trinajstić information content (AvgIpc) is 3.76. The van der Waals surface area contributed by atoms with E-state index in [0.29, 0.717) is 5.92 Å². The minimum atomic E-state index is -0.464. The quantitative estimate of drug-likeness (QED) is 0.175. The molecule has 0 bridgehead atoms. The van der Waals surface area contributed by atoms with Gasteiger partial charge in [-0.1, -0.05) is 147 Å². The Hall–Kier alpha value is -5.96. The summed E-state index contributed by atoms with van der Waals surface area (Å²) in [6, 6.07) is 64.8. The Bertz CT molecular complexity index is 2980. The van der Waals surface area contributed by atoms with Gasteiger partial charge in [0.25, 0.3) is 0 Å². The fourth-order valence-corrected chi connectivity index (χ4v) is 11.8. The second kappa shape index (κ2) is 12.0. The molecule has 2 heteroatoms. The number of hydrogen-bond acceptors (Lipinski definition) is 2. The predicted molar refractivity (Wildman–Crippen MR) is 234 cm³/mol. The Morgan fingerprint density at radius 3 is 2.04 bits per heavy atom. The number of para-hydroxylation sites is 1. The van der Waals surface area contributed by atoms with Gasteiger partial charge in [0.05, 0.1) is 5.41 Å². The van der Waals surface area contributed by atoms with Gasteiger partial charge < -0.3 is 4.90 Å². The van der Waals surface area contributed by atoms with Gasteiger partial charge >= 0.3 is 0 Å². The number of rotatable bonds is 4. The molecule has 55 heavy (non-hydrogen) atoms. The van der Waals surface area contributed by atoms with Gasteiger partial charge in [-0.2, -0.15) is 0 Å². The van der Waals surface area contributed by atoms with Crippen molar-refractivity contribution in [3.05, 3.63) is 198 Å². The van der Waals surface area contributed by atoms with Crippen LogP contribution in [0.15, 0.2) is 170 Å². The maximum Gasteiger partial charge on any atom is 0.0726 e. The van der Waals surface area contributed by atoms with Gasteiger partial charge in [-0.3, -0.25) is 0 Å². The number of thiophene rings is 1. The third-order valence-electron chi connectivity index (χ3n) is 13.0. The van der Waals surface area contributed by atoms with Crippen molar-refractivity contribution in [2.24, 2.45) is 0 Å². The summed E-state index contributed by atoms with van der Waals surface area (Å²) in [7, 11) is 0. The zero-order chi connectivity index (χ0) is 36.1. The van der Waals surface area contributed by atoms with E-state index in [4.69, 9.17) is 0 Å². The number of anilines is 3. The van der Waals surface area contributed by atoms with Crippen LogP contribution < -0.4 is 4.90 Å². The highest BCUT2D eigenvalue weighted by molar-refractivity contribution is 7.25. The SMILES string of the molecule is c1ccc(N(c2ccc3c(c2)C2(c4ccccc4-3)c3ccc(C4CCCCC4)cc3-c3cccc4cccc2c34)c2ccc3c(c2)sc2ccccc23)cc1. The van der Waals surface area contributed by atoms with Crippen molar-refractivity contribution in [1.82, 2.24) is 0 Å². The molecule has 1 saturated carbocycles. The molecule has 3 aliphatic carbocycles. The molecule has 1 aromatic heterocycles. The first-order valence-electron chi connectivity index (χ1n) is 20.0. The van der Waals surface area contributed by atoms with Crippen molar-refractivity contribution in [3.8, 4) is 22.3 Å². The molecule has 8 aromatic carbocycles. The maximum atomic E-state index is 2.60. The third-order valence-corrected chi connectivity index (χ3v) is 14.2. The van der Waals surface area contributed by atoms with Crippen LogP contribution in [-0.4, -0.2) is 0 Å². The lowest BCUT2D eigenvalue weighted by molar-refractivity contribution is 0.443.